The number of nitrogens with zero attached hydrogens (tertiary/aromatic N) is 1. The molecule has 0 saturated carbocycles. The SMILES string of the molecule is CCOC(=O)c1c(NC(=O)c2cccc([N+](=O)[O-])c2)sc2c1CCC(c1ccccc1)C2. The average molecular weight is 451 g/mol. The minimum absolute atomic E-state index is 0.155. The Morgan fingerprint density at radius 1 is 1.19 bits per heavy atom. The van der Waals surface area contributed by atoms with Crippen LogP contribution in [0.3, 0.4) is 0 Å². The number of hydrogen-bond donors (Lipinski definition) is 1. The quantitative estimate of drug-likeness (QED) is 0.310. The van der Waals surface area contributed by atoms with Crippen LogP contribution in [0.5, 0.6) is 0 Å². The first-order valence-electron chi connectivity index (χ1n) is 10.4. The lowest BCUT2D eigenvalue weighted by atomic mass is 9.83. The molecule has 8 heteroatoms. The molecule has 1 N–H and O–H groups in total. The van der Waals surface area contributed by atoms with E-state index >= 15 is 0 Å². The van der Waals surface area contributed by atoms with Crippen molar-refractivity contribution >= 4 is 33.9 Å². The molecular formula is C24H22N2O5S. The molecule has 3 aromatic rings. The number of hydrogen-bond acceptors (Lipinski definition) is 6. The Bertz CT molecular complexity index is 1170. The zero-order chi connectivity index (χ0) is 22.7. The van der Waals surface area contributed by atoms with Crippen molar-refractivity contribution in [2.24, 2.45) is 0 Å². The topological polar surface area (TPSA) is 98.5 Å². The van der Waals surface area contributed by atoms with E-state index in [9.17, 15) is 19.7 Å². The number of carbonyl (C=O) groups excluding carboxylic acids is 2. The summed E-state index contributed by atoms with van der Waals surface area (Å²) in [5.41, 5.74) is 2.57. The monoisotopic (exact) mass is 450 g/mol. The number of benzene rings is 2. The number of amides is 1. The number of thiophene rings is 1. The number of ether oxygens (including phenoxy) is 1. The van der Waals surface area contributed by atoms with E-state index in [-0.39, 0.29) is 17.9 Å². The van der Waals surface area contributed by atoms with Gasteiger partial charge in [0.05, 0.1) is 17.1 Å². The van der Waals surface area contributed by atoms with E-state index in [1.165, 1.54) is 41.2 Å². The predicted octanol–water partition coefficient (Wildman–Crippen LogP) is 5.36. The summed E-state index contributed by atoms with van der Waals surface area (Å²) >= 11 is 1.38. The van der Waals surface area contributed by atoms with E-state index < -0.39 is 16.8 Å². The van der Waals surface area contributed by atoms with Crippen molar-refractivity contribution in [3.05, 3.63) is 91.8 Å². The summed E-state index contributed by atoms with van der Waals surface area (Å²) in [5.74, 6) is -0.618. The minimum atomic E-state index is -0.547. The number of anilines is 1. The van der Waals surface area contributed by atoms with Gasteiger partial charge in [-0.1, -0.05) is 36.4 Å². The van der Waals surface area contributed by atoms with Gasteiger partial charge in [-0.05, 0) is 49.3 Å². The molecule has 0 radical (unpaired) electrons. The summed E-state index contributed by atoms with van der Waals surface area (Å²) in [7, 11) is 0. The zero-order valence-electron chi connectivity index (χ0n) is 17.5. The lowest BCUT2D eigenvalue weighted by Crippen LogP contribution is -2.17. The Labute approximate surface area is 189 Å². The number of nitrogens with one attached hydrogen (secondary N) is 1. The maximum atomic E-state index is 12.8. The summed E-state index contributed by atoms with van der Waals surface area (Å²) in [6, 6.07) is 15.8. The van der Waals surface area contributed by atoms with Crippen LogP contribution in [0.25, 0.3) is 0 Å². The van der Waals surface area contributed by atoms with E-state index in [0.717, 1.165) is 23.3 Å². The third kappa shape index (κ3) is 4.40. The number of carbonyl (C=O) groups is 2. The fraction of sp³-hybridized carbons (Fsp3) is 0.250. The van der Waals surface area contributed by atoms with Gasteiger partial charge in [0.1, 0.15) is 5.00 Å². The van der Waals surface area contributed by atoms with Crippen LogP contribution in [-0.4, -0.2) is 23.4 Å². The molecule has 164 valence electrons. The number of non-ortho nitro benzene ring substituents is 1. The van der Waals surface area contributed by atoms with Crippen LogP contribution in [0.1, 0.15) is 56.0 Å². The van der Waals surface area contributed by atoms with E-state index in [2.05, 4.69) is 17.4 Å². The normalized spacial score (nSPS) is 15.0. The molecule has 1 amide bonds. The minimum Gasteiger partial charge on any atom is -0.462 e. The zero-order valence-corrected chi connectivity index (χ0v) is 18.3. The molecule has 1 aliphatic rings. The Balaban J connectivity index is 1.65. The Morgan fingerprint density at radius 2 is 1.97 bits per heavy atom. The highest BCUT2D eigenvalue weighted by Gasteiger charge is 2.31. The molecule has 32 heavy (non-hydrogen) atoms. The van der Waals surface area contributed by atoms with E-state index in [4.69, 9.17) is 4.74 Å². The maximum Gasteiger partial charge on any atom is 0.341 e. The van der Waals surface area contributed by atoms with Crippen LogP contribution >= 0.6 is 11.3 Å². The smallest absolute Gasteiger partial charge is 0.341 e. The number of fused-ring (bicyclic) bond motifs is 1. The van der Waals surface area contributed by atoms with Gasteiger partial charge in [0, 0.05) is 22.6 Å². The summed E-state index contributed by atoms with van der Waals surface area (Å²) in [4.78, 5) is 37.2. The van der Waals surface area contributed by atoms with Crippen molar-refractivity contribution in [2.75, 3.05) is 11.9 Å². The number of rotatable bonds is 6. The van der Waals surface area contributed by atoms with Gasteiger partial charge in [-0.3, -0.25) is 14.9 Å². The van der Waals surface area contributed by atoms with Gasteiger partial charge in [0.15, 0.2) is 0 Å². The molecule has 1 aromatic heterocycles. The maximum absolute atomic E-state index is 12.8. The van der Waals surface area contributed by atoms with Crippen molar-refractivity contribution in [2.45, 2.75) is 32.1 Å². The van der Waals surface area contributed by atoms with Crippen LogP contribution in [0, 0.1) is 10.1 Å². The van der Waals surface area contributed by atoms with E-state index in [1.807, 2.05) is 18.2 Å². The van der Waals surface area contributed by atoms with Gasteiger partial charge in [-0.15, -0.1) is 11.3 Å². The van der Waals surface area contributed by atoms with Gasteiger partial charge >= 0.3 is 5.97 Å². The number of nitro benzene ring substituents is 1. The summed E-state index contributed by atoms with van der Waals surface area (Å²) in [5, 5.41) is 14.3. The molecule has 0 spiro atoms. The molecule has 1 unspecified atom stereocenters. The van der Waals surface area contributed by atoms with E-state index in [0.29, 0.717) is 22.9 Å². The van der Waals surface area contributed by atoms with Crippen molar-refractivity contribution in [1.29, 1.82) is 0 Å². The number of esters is 1. The first kappa shape index (κ1) is 21.7. The Kier molecular flexibility index (Phi) is 6.32. The summed E-state index contributed by atoms with van der Waals surface area (Å²) < 4.78 is 5.27. The van der Waals surface area contributed by atoms with Crippen molar-refractivity contribution in [3.63, 3.8) is 0 Å². The third-order valence-corrected chi connectivity index (χ3v) is 6.73. The van der Waals surface area contributed by atoms with Crippen LogP contribution in [-0.2, 0) is 17.6 Å². The fourth-order valence-electron chi connectivity index (χ4n) is 4.04. The first-order valence-corrected chi connectivity index (χ1v) is 11.2. The molecular weight excluding hydrogens is 428 g/mol. The molecule has 4 rings (SSSR count). The lowest BCUT2D eigenvalue weighted by molar-refractivity contribution is -0.384. The highest BCUT2D eigenvalue weighted by atomic mass is 32.1. The van der Waals surface area contributed by atoms with Crippen LogP contribution < -0.4 is 5.32 Å². The highest BCUT2D eigenvalue weighted by Crippen LogP contribution is 2.43. The van der Waals surface area contributed by atoms with Gasteiger partial charge in [0.2, 0.25) is 0 Å². The average Bonchev–Trinajstić information content (AvgIpc) is 3.16. The molecule has 7 nitrogen and oxygen atoms in total. The second-order valence-electron chi connectivity index (χ2n) is 7.54. The summed E-state index contributed by atoms with van der Waals surface area (Å²) in [6.07, 6.45) is 2.40. The second kappa shape index (κ2) is 9.32. The molecule has 1 aliphatic carbocycles. The van der Waals surface area contributed by atoms with Gasteiger partial charge in [-0.25, -0.2) is 4.79 Å². The summed E-state index contributed by atoms with van der Waals surface area (Å²) in [6.45, 7) is 1.97. The second-order valence-corrected chi connectivity index (χ2v) is 8.65. The third-order valence-electron chi connectivity index (χ3n) is 5.56. The van der Waals surface area contributed by atoms with Gasteiger partial charge in [-0.2, -0.15) is 0 Å². The Hall–Kier alpha value is -3.52. The fourth-order valence-corrected chi connectivity index (χ4v) is 5.35. The molecule has 0 saturated heterocycles. The van der Waals surface area contributed by atoms with Gasteiger partial charge < -0.3 is 10.1 Å². The molecule has 0 bridgehead atoms. The highest BCUT2D eigenvalue weighted by molar-refractivity contribution is 7.17. The standard InChI is InChI=1S/C24H22N2O5S/c1-2-31-24(28)21-19-12-11-16(15-7-4-3-5-8-15)14-20(19)32-23(21)25-22(27)17-9-6-10-18(13-17)26(29)30/h3-10,13,16H,2,11-12,14H2,1H3,(H,25,27). The molecule has 1 heterocycles. The van der Waals surface area contributed by atoms with Crippen LogP contribution in [0.4, 0.5) is 10.7 Å². The largest absolute Gasteiger partial charge is 0.462 e. The van der Waals surface area contributed by atoms with Crippen molar-refractivity contribution < 1.29 is 19.2 Å². The number of nitro groups is 1. The van der Waals surface area contributed by atoms with Crippen molar-refractivity contribution in [3.8, 4) is 0 Å². The van der Waals surface area contributed by atoms with E-state index in [1.54, 1.807) is 6.92 Å². The van der Waals surface area contributed by atoms with Crippen LogP contribution in [0.2, 0.25) is 0 Å². The molecule has 0 aliphatic heterocycles. The molecule has 0 fully saturated rings. The van der Waals surface area contributed by atoms with Gasteiger partial charge in [0.25, 0.3) is 11.6 Å². The lowest BCUT2D eigenvalue weighted by Gasteiger charge is -2.23. The van der Waals surface area contributed by atoms with Crippen LogP contribution in [0.15, 0.2) is 54.6 Å². The first-order chi connectivity index (χ1) is 15.5. The van der Waals surface area contributed by atoms with Crippen molar-refractivity contribution in [1.82, 2.24) is 0 Å². The Morgan fingerprint density at radius 3 is 2.69 bits per heavy atom. The predicted molar refractivity (Wildman–Crippen MR) is 123 cm³/mol. The molecule has 2 aromatic carbocycles. The molecule has 1 atom stereocenters.